The molecule has 0 aromatic heterocycles. The van der Waals surface area contributed by atoms with Crippen LogP contribution in [0.15, 0.2) is 47.4 Å². The number of hydrogen-bond donors (Lipinski definition) is 0. The number of carbonyl (C=O) groups is 1. The van der Waals surface area contributed by atoms with Crippen molar-refractivity contribution in [1.82, 2.24) is 0 Å². The van der Waals surface area contributed by atoms with Crippen molar-refractivity contribution < 1.29 is 18.7 Å². The lowest BCUT2D eigenvalue weighted by Gasteiger charge is -2.13. The molecule has 1 aliphatic heterocycles. The molecule has 0 unspecified atom stereocenters. The molecule has 0 aliphatic carbocycles. The van der Waals surface area contributed by atoms with Gasteiger partial charge in [0.2, 0.25) is 0 Å². The summed E-state index contributed by atoms with van der Waals surface area (Å²) in [5, 5.41) is -0.273. The number of hydrogen-bond acceptors (Lipinski definition) is 4. The Morgan fingerprint density at radius 1 is 1.09 bits per heavy atom. The standard InChI is InChI=1S/C18H17FO3S/c1-12(18(20)13-3-5-14(19)6-4-13)23-15-7-8-16-17(11-15)22-10-2-9-21-16/h3-8,11-12H,2,9-10H2,1H3/t12-/m1/s1. The summed E-state index contributed by atoms with van der Waals surface area (Å²) in [7, 11) is 0. The van der Waals surface area contributed by atoms with Crippen LogP contribution < -0.4 is 9.47 Å². The fourth-order valence-corrected chi connectivity index (χ4v) is 3.30. The fraction of sp³-hybridized carbons (Fsp3) is 0.278. The Hall–Kier alpha value is -2.01. The minimum absolute atomic E-state index is 0.0258. The molecule has 1 heterocycles. The summed E-state index contributed by atoms with van der Waals surface area (Å²) in [5.41, 5.74) is 0.515. The van der Waals surface area contributed by atoms with Crippen molar-refractivity contribution in [3.8, 4) is 11.5 Å². The van der Waals surface area contributed by atoms with Crippen molar-refractivity contribution in [3.05, 3.63) is 53.8 Å². The summed E-state index contributed by atoms with van der Waals surface area (Å²) in [4.78, 5) is 13.3. The SMILES string of the molecule is C[C@@H](Sc1ccc2c(c1)OCCCO2)C(=O)c1ccc(F)cc1. The van der Waals surface area contributed by atoms with Gasteiger partial charge in [-0.2, -0.15) is 0 Å². The molecule has 2 aromatic carbocycles. The van der Waals surface area contributed by atoms with E-state index in [1.54, 1.807) is 0 Å². The first-order valence-corrected chi connectivity index (χ1v) is 8.37. The molecule has 23 heavy (non-hydrogen) atoms. The second kappa shape index (κ2) is 7.04. The van der Waals surface area contributed by atoms with Crippen LogP contribution in [-0.2, 0) is 0 Å². The van der Waals surface area contributed by atoms with E-state index in [-0.39, 0.29) is 16.9 Å². The third-order valence-electron chi connectivity index (χ3n) is 3.53. The van der Waals surface area contributed by atoms with Crippen LogP contribution in [0, 0.1) is 5.82 Å². The first-order valence-electron chi connectivity index (χ1n) is 7.49. The molecule has 1 atom stereocenters. The molecule has 2 aromatic rings. The van der Waals surface area contributed by atoms with Gasteiger partial charge in [0, 0.05) is 16.9 Å². The highest BCUT2D eigenvalue weighted by Crippen LogP contribution is 2.35. The van der Waals surface area contributed by atoms with Gasteiger partial charge in [-0.15, -0.1) is 11.8 Å². The summed E-state index contributed by atoms with van der Waals surface area (Å²) in [6, 6.07) is 11.3. The number of ether oxygens (including phenoxy) is 2. The molecule has 0 amide bonds. The van der Waals surface area contributed by atoms with E-state index in [1.807, 2.05) is 25.1 Å². The molecule has 0 radical (unpaired) electrons. The fourth-order valence-electron chi connectivity index (χ4n) is 2.32. The van der Waals surface area contributed by atoms with Gasteiger partial charge >= 0.3 is 0 Å². The second-order valence-electron chi connectivity index (χ2n) is 5.29. The molecule has 3 rings (SSSR count). The van der Waals surface area contributed by atoms with E-state index in [0.29, 0.717) is 24.5 Å². The third-order valence-corrected chi connectivity index (χ3v) is 4.62. The number of Topliss-reactive ketones (excluding diaryl/α,β-unsaturated/α-hetero) is 1. The van der Waals surface area contributed by atoms with Crippen LogP contribution in [0.2, 0.25) is 0 Å². The molecule has 5 heteroatoms. The van der Waals surface area contributed by atoms with Gasteiger partial charge < -0.3 is 9.47 Å². The van der Waals surface area contributed by atoms with Gasteiger partial charge in [0.1, 0.15) is 5.82 Å². The Balaban J connectivity index is 1.72. The van der Waals surface area contributed by atoms with Gasteiger partial charge in [-0.3, -0.25) is 4.79 Å². The molecule has 0 saturated carbocycles. The molecule has 120 valence electrons. The number of halogens is 1. The Morgan fingerprint density at radius 3 is 2.52 bits per heavy atom. The quantitative estimate of drug-likeness (QED) is 0.616. The average Bonchev–Trinajstić information content (AvgIpc) is 2.79. The van der Waals surface area contributed by atoms with Crippen LogP contribution in [0.3, 0.4) is 0 Å². The van der Waals surface area contributed by atoms with E-state index in [1.165, 1.54) is 36.0 Å². The van der Waals surface area contributed by atoms with E-state index in [9.17, 15) is 9.18 Å². The maximum atomic E-state index is 12.9. The van der Waals surface area contributed by atoms with Gasteiger partial charge in [0.05, 0.1) is 18.5 Å². The lowest BCUT2D eigenvalue weighted by Crippen LogP contribution is -2.13. The number of thioether (sulfide) groups is 1. The van der Waals surface area contributed by atoms with Gasteiger partial charge in [-0.1, -0.05) is 0 Å². The Kier molecular flexibility index (Phi) is 4.86. The van der Waals surface area contributed by atoms with Gasteiger partial charge in [-0.25, -0.2) is 4.39 Å². The molecule has 0 bridgehead atoms. The maximum absolute atomic E-state index is 12.9. The second-order valence-corrected chi connectivity index (χ2v) is 6.70. The van der Waals surface area contributed by atoms with E-state index in [2.05, 4.69) is 0 Å². The van der Waals surface area contributed by atoms with Gasteiger partial charge in [0.15, 0.2) is 17.3 Å². The summed E-state index contributed by atoms with van der Waals surface area (Å²) in [6.07, 6.45) is 0.858. The van der Waals surface area contributed by atoms with Crippen LogP contribution in [0.5, 0.6) is 11.5 Å². The molecular weight excluding hydrogens is 315 g/mol. The molecule has 0 N–H and O–H groups in total. The summed E-state index contributed by atoms with van der Waals surface area (Å²) in [5.74, 6) is 1.09. The van der Waals surface area contributed by atoms with Gasteiger partial charge in [0.25, 0.3) is 0 Å². The largest absolute Gasteiger partial charge is 0.490 e. The van der Waals surface area contributed by atoms with Crippen molar-refractivity contribution in [2.75, 3.05) is 13.2 Å². The maximum Gasteiger partial charge on any atom is 0.175 e. The number of ketones is 1. The van der Waals surface area contributed by atoms with E-state index >= 15 is 0 Å². The zero-order chi connectivity index (χ0) is 16.2. The molecule has 3 nitrogen and oxygen atoms in total. The van der Waals surface area contributed by atoms with Crippen LogP contribution in [-0.4, -0.2) is 24.2 Å². The van der Waals surface area contributed by atoms with Crippen molar-refractivity contribution in [2.45, 2.75) is 23.5 Å². The average molecular weight is 332 g/mol. The molecule has 1 aliphatic rings. The lowest BCUT2D eigenvalue weighted by atomic mass is 10.1. The number of benzene rings is 2. The number of carbonyl (C=O) groups excluding carboxylic acids is 1. The minimum atomic E-state index is -0.343. The van der Waals surface area contributed by atoms with Crippen LogP contribution in [0.4, 0.5) is 4.39 Å². The van der Waals surface area contributed by atoms with Crippen molar-refractivity contribution in [1.29, 1.82) is 0 Å². The van der Waals surface area contributed by atoms with Gasteiger partial charge in [-0.05, 0) is 49.4 Å². The Bertz CT molecular complexity index is 700. The first kappa shape index (κ1) is 15.9. The van der Waals surface area contributed by atoms with Crippen molar-refractivity contribution in [3.63, 3.8) is 0 Å². The number of rotatable bonds is 4. The summed E-state index contributed by atoms with van der Waals surface area (Å²) >= 11 is 1.45. The molecule has 0 saturated heterocycles. The number of fused-ring (bicyclic) bond motifs is 1. The highest BCUT2D eigenvalue weighted by Gasteiger charge is 2.18. The first-order chi connectivity index (χ1) is 11.1. The smallest absolute Gasteiger partial charge is 0.175 e. The predicted molar refractivity (Wildman–Crippen MR) is 88.1 cm³/mol. The van der Waals surface area contributed by atoms with Crippen molar-refractivity contribution >= 4 is 17.5 Å². The topological polar surface area (TPSA) is 35.5 Å². The molecule has 0 spiro atoms. The van der Waals surface area contributed by atoms with E-state index in [0.717, 1.165) is 17.1 Å². The monoisotopic (exact) mass is 332 g/mol. The van der Waals surface area contributed by atoms with Crippen LogP contribution >= 0.6 is 11.8 Å². The predicted octanol–water partition coefficient (Wildman–Crippen LogP) is 4.35. The minimum Gasteiger partial charge on any atom is -0.490 e. The van der Waals surface area contributed by atoms with Crippen LogP contribution in [0.25, 0.3) is 0 Å². The Labute approximate surface area is 138 Å². The zero-order valence-electron chi connectivity index (χ0n) is 12.8. The van der Waals surface area contributed by atoms with Crippen molar-refractivity contribution in [2.24, 2.45) is 0 Å². The highest BCUT2D eigenvalue weighted by molar-refractivity contribution is 8.00. The van der Waals surface area contributed by atoms with E-state index < -0.39 is 0 Å². The van der Waals surface area contributed by atoms with E-state index in [4.69, 9.17) is 9.47 Å². The lowest BCUT2D eigenvalue weighted by molar-refractivity contribution is 0.0994. The normalized spacial score (nSPS) is 14.9. The molecule has 0 fully saturated rings. The molecular formula is C18H17FO3S. The summed E-state index contributed by atoms with van der Waals surface area (Å²) < 4.78 is 24.2. The highest BCUT2D eigenvalue weighted by atomic mass is 32.2. The third kappa shape index (κ3) is 3.85. The summed E-state index contributed by atoms with van der Waals surface area (Å²) in [6.45, 7) is 3.13. The zero-order valence-corrected chi connectivity index (χ0v) is 13.6. The van der Waals surface area contributed by atoms with Crippen LogP contribution in [0.1, 0.15) is 23.7 Å². The Morgan fingerprint density at radius 2 is 1.78 bits per heavy atom.